The number of carbonyl (C=O) groups excluding carboxylic acids is 1. The van der Waals surface area contributed by atoms with Crippen molar-refractivity contribution >= 4 is 5.91 Å². The van der Waals surface area contributed by atoms with E-state index in [4.69, 9.17) is 4.74 Å². The van der Waals surface area contributed by atoms with E-state index < -0.39 is 0 Å². The van der Waals surface area contributed by atoms with E-state index in [2.05, 4.69) is 24.1 Å². The van der Waals surface area contributed by atoms with Crippen LogP contribution in [-0.2, 0) is 9.53 Å². The highest BCUT2D eigenvalue weighted by atomic mass is 16.5. The van der Waals surface area contributed by atoms with Crippen LogP contribution in [0.4, 0.5) is 0 Å². The quantitative estimate of drug-likeness (QED) is 0.824. The fourth-order valence-electron chi connectivity index (χ4n) is 2.97. The molecule has 18 heavy (non-hydrogen) atoms. The van der Waals surface area contributed by atoms with Crippen LogP contribution in [0.2, 0.25) is 0 Å². The summed E-state index contributed by atoms with van der Waals surface area (Å²) in [4.78, 5) is 14.7. The van der Waals surface area contributed by atoms with Crippen molar-refractivity contribution in [3.63, 3.8) is 0 Å². The SMILES string of the molecule is CCCNC1COCC1C(=O)N1CCCCC1C. The Morgan fingerprint density at radius 3 is 2.94 bits per heavy atom. The second kappa shape index (κ2) is 6.53. The molecule has 0 aromatic heterocycles. The zero-order chi connectivity index (χ0) is 13.0. The van der Waals surface area contributed by atoms with Crippen molar-refractivity contribution in [2.24, 2.45) is 5.92 Å². The van der Waals surface area contributed by atoms with Crippen LogP contribution < -0.4 is 5.32 Å². The van der Waals surface area contributed by atoms with E-state index in [-0.39, 0.29) is 12.0 Å². The summed E-state index contributed by atoms with van der Waals surface area (Å²) in [6.07, 6.45) is 4.64. The minimum absolute atomic E-state index is 0.0251. The monoisotopic (exact) mass is 254 g/mol. The number of hydrogen-bond donors (Lipinski definition) is 1. The Morgan fingerprint density at radius 2 is 2.22 bits per heavy atom. The fourth-order valence-corrected chi connectivity index (χ4v) is 2.97. The number of piperidine rings is 1. The maximum absolute atomic E-state index is 12.6. The molecule has 2 fully saturated rings. The Morgan fingerprint density at radius 1 is 1.39 bits per heavy atom. The van der Waals surface area contributed by atoms with Crippen LogP contribution in [0.3, 0.4) is 0 Å². The number of hydrogen-bond acceptors (Lipinski definition) is 3. The van der Waals surface area contributed by atoms with Gasteiger partial charge in [0, 0.05) is 18.6 Å². The summed E-state index contributed by atoms with van der Waals surface area (Å²) in [7, 11) is 0. The molecule has 0 saturated carbocycles. The van der Waals surface area contributed by atoms with Gasteiger partial charge >= 0.3 is 0 Å². The summed E-state index contributed by atoms with van der Waals surface area (Å²) in [6.45, 7) is 7.47. The first-order valence-corrected chi connectivity index (χ1v) is 7.35. The Bertz CT molecular complexity index is 283. The number of likely N-dealkylation sites (tertiary alicyclic amines) is 1. The molecule has 104 valence electrons. The Hall–Kier alpha value is -0.610. The summed E-state index contributed by atoms with van der Waals surface area (Å²) >= 11 is 0. The zero-order valence-electron chi connectivity index (χ0n) is 11.7. The van der Waals surface area contributed by atoms with E-state index in [0.29, 0.717) is 25.2 Å². The molecule has 2 heterocycles. The van der Waals surface area contributed by atoms with Crippen LogP contribution in [0.25, 0.3) is 0 Å². The van der Waals surface area contributed by atoms with Gasteiger partial charge in [-0.2, -0.15) is 0 Å². The van der Waals surface area contributed by atoms with Crippen molar-refractivity contribution in [3.05, 3.63) is 0 Å². The van der Waals surface area contributed by atoms with E-state index in [1.54, 1.807) is 0 Å². The van der Waals surface area contributed by atoms with Gasteiger partial charge in [0.15, 0.2) is 0 Å². The standard InChI is InChI=1S/C14H26N2O2/c1-3-7-15-13-10-18-9-12(13)14(17)16-8-5-4-6-11(16)2/h11-13,15H,3-10H2,1-2H3. The number of nitrogens with one attached hydrogen (secondary N) is 1. The smallest absolute Gasteiger partial charge is 0.229 e. The molecule has 2 aliphatic rings. The second-order valence-corrected chi connectivity index (χ2v) is 5.58. The summed E-state index contributed by atoms with van der Waals surface area (Å²) in [5, 5.41) is 3.44. The average Bonchev–Trinajstić information content (AvgIpc) is 2.84. The first-order chi connectivity index (χ1) is 8.74. The molecule has 2 saturated heterocycles. The van der Waals surface area contributed by atoms with Crippen molar-refractivity contribution < 1.29 is 9.53 Å². The summed E-state index contributed by atoms with van der Waals surface area (Å²) in [5.74, 6) is 0.324. The largest absolute Gasteiger partial charge is 0.379 e. The lowest BCUT2D eigenvalue weighted by Gasteiger charge is -2.36. The highest BCUT2D eigenvalue weighted by molar-refractivity contribution is 5.80. The average molecular weight is 254 g/mol. The molecule has 4 heteroatoms. The van der Waals surface area contributed by atoms with E-state index in [1.807, 2.05) is 0 Å². The molecule has 1 N–H and O–H groups in total. The van der Waals surface area contributed by atoms with E-state index in [9.17, 15) is 4.79 Å². The summed E-state index contributed by atoms with van der Waals surface area (Å²) < 4.78 is 5.50. The van der Waals surface area contributed by atoms with Gasteiger partial charge in [0.05, 0.1) is 19.1 Å². The first-order valence-electron chi connectivity index (χ1n) is 7.35. The molecule has 3 atom stereocenters. The van der Waals surface area contributed by atoms with Crippen LogP contribution in [-0.4, -0.2) is 49.2 Å². The lowest BCUT2D eigenvalue weighted by Crippen LogP contribution is -2.50. The molecular weight excluding hydrogens is 228 g/mol. The molecule has 0 aliphatic carbocycles. The highest BCUT2D eigenvalue weighted by Gasteiger charge is 2.37. The molecule has 2 rings (SSSR count). The molecular formula is C14H26N2O2. The lowest BCUT2D eigenvalue weighted by molar-refractivity contribution is -0.139. The minimum atomic E-state index is 0.0251. The predicted octanol–water partition coefficient (Wildman–Crippen LogP) is 1.40. The van der Waals surface area contributed by atoms with Gasteiger partial charge in [-0.3, -0.25) is 4.79 Å². The molecule has 0 bridgehead atoms. The van der Waals surface area contributed by atoms with Gasteiger partial charge in [0.2, 0.25) is 5.91 Å². The van der Waals surface area contributed by atoms with Gasteiger partial charge in [-0.05, 0) is 39.2 Å². The second-order valence-electron chi connectivity index (χ2n) is 5.58. The van der Waals surface area contributed by atoms with Gasteiger partial charge in [0.25, 0.3) is 0 Å². The number of ether oxygens (including phenoxy) is 1. The van der Waals surface area contributed by atoms with Crippen LogP contribution in [0.15, 0.2) is 0 Å². The first kappa shape index (κ1) is 13.8. The van der Waals surface area contributed by atoms with Crippen molar-refractivity contribution in [2.45, 2.75) is 51.6 Å². The van der Waals surface area contributed by atoms with E-state index >= 15 is 0 Å². The van der Waals surface area contributed by atoms with Gasteiger partial charge in [0.1, 0.15) is 0 Å². The van der Waals surface area contributed by atoms with Gasteiger partial charge < -0.3 is 15.0 Å². The fraction of sp³-hybridized carbons (Fsp3) is 0.929. The van der Waals surface area contributed by atoms with Crippen LogP contribution in [0.5, 0.6) is 0 Å². The van der Waals surface area contributed by atoms with Crippen LogP contribution >= 0.6 is 0 Å². The minimum Gasteiger partial charge on any atom is -0.379 e. The molecule has 1 amide bonds. The normalized spacial score (nSPS) is 32.8. The molecule has 3 unspecified atom stereocenters. The van der Waals surface area contributed by atoms with Gasteiger partial charge in [-0.15, -0.1) is 0 Å². The summed E-state index contributed by atoms with van der Waals surface area (Å²) in [5.41, 5.74) is 0. The summed E-state index contributed by atoms with van der Waals surface area (Å²) in [6, 6.07) is 0.616. The van der Waals surface area contributed by atoms with Crippen LogP contribution in [0.1, 0.15) is 39.5 Å². The number of carbonyl (C=O) groups is 1. The third-order valence-electron chi connectivity index (χ3n) is 4.14. The van der Waals surface area contributed by atoms with Gasteiger partial charge in [-0.1, -0.05) is 6.92 Å². The van der Waals surface area contributed by atoms with Crippen molar-refractivity contribution in [1.29, 1.82) is 0 Å². The Labute approximate surface area is 110 Å². The molecule has 0 aromatic rings. The highest BCUT2D eigenvalue weighted by Crippen LogP contribution is 2.23. The molecule has 4 nitrogen and oxygen atoms in total. The van der Waals surface area contributed by atoms with Crippen molar-refractivity contribution in [1.82, 2.24) is 10.2 Å². The van der Waals surface area contributed by atoms with Crippen molar-refractivity contribution in [3.8, 4) is 0 Å². The third kappa shape index (κ3) is 3.04. The van der Waals surface area contributed by atoms with Crippen molar-refractivity contribution in [2.75, 3.05) is 26.3 Å². The maximum atomic E-state index is 12.6. The van der Waals surface area contributed by atoms with Gasteiger partial charge in [-0.25, -0.2) is 0 Å². The number of rotatable bonds is 4. The van der Waals surface area contributed by atoms with E-state index in [1.165, 1.54) is 6.42 Å². The third-order valence-corrected chi connectivity index (χ3v) is 4.14. The molecule has 0 spiro atoms. The Kier molecular flexibility index (Phi) is 5.01. The Balaban J connectivity index is 1.94. The topological polar surface area (TPSA) is 41.6 Å². The zero-order valence-corrected chi connectivity index (χ0v) is 11.7. The molecule has 0 radical (unpaired) electrons. The predicted molar refractivity (Wildman–Crippen MR) is 71.4 cm³/mol. The lowest BCUT2D eigenvalue weighted by atomic mass is 9.97. The molecule has 2 aliphatic heterocycles. The number of nitrogens with zero attached hydrogens (tertiary/aromatic N) is 1. The van der Waals surface area contributed by atoms with E-state index in [0.717, 1.165) is 32.4 Å². The number of amides is 1. The van der Waals surface area contributed by atoms with Crippen LogP contribution in [0, 0.1) is 5.92 Å². The maximum Gasteiger partial charge on any atom is 0.229 e. The molecule has 0 aromatic carbocycles.